The van der Waals surface area contributed by atoms with Crippen molar-refractivity contribution in [3.63, 3.8) is 0 Å². The van der Waals surface area contributed by atoms with Crippen molar-refractivity contribution in [2.75, 3.05) is 26.7 Å². The topological polar surface area (TPSA) is 61.4 Å². The van der Waals surface area contributed by atoms with Crippen molar-refractivity contribution in [1.29, 1.82) is 0 Å². The highest BCUT2D eigenvalue weighted by atomic mass is 35.5. The van der Waals surface area contributed by atoms with Crippen LogP contribution in [0.1, 0.15) is 23.2 Å². The van der Waals surface area contributed by atoms with Gasteiger partial charge in [0.15, 0.2) is 0 Å². The Bertz CT molecular complexity index is 459. The van der Waals surface area contributed by atoms with Gasteiger partial charge in [-0.3, -0.25) is 9.59 Å². The lowest BCUT2D eigenvalue weighted by Gasteiger charge is -2.31. The van der Waals surface area contributed by atoms with Gasteiger partial charge in [0.2, 0.25) is 5.91 Å². The van der Waals surface area contributed by atoms with Crippen LogP contribution in [0.2, 0.25) is 0 Å². The summed E-state index contributed by atoms with van der Waals surface area (Å²) in [6.07, 6.45) is 1.93. The zero-order chi connectivity index (χ0) is 14.4. The molecule has 0 spiro atoms. The number of carbonyl (C=O) groups is 2. The molecule has 1 heterocycles. The van der Waals surface area contributed by atoms with Crippen LogP contribution in [0.3, 0.4) is 0 Å². The molecule has 0 saturated carbocycles. The van der Waals surface area contributed by atoms with Crippen molar-refractivity contribution in [2.24, 2.45) is 0 Å². The average Bonchev–Trinajstić information content (AvgIpc) is 2.53. The van der Waals surface area contributed by atoms with Gasteiger partial charge in [-0.25, -0.2) is 0 Å². The lowest BCUT2D eigenvalue weighted by Crippen LogP contribution is -2.47. The minimum Gasteiger partial charge on any atom is -0.343 e. The molecule has 116 valence electrons. The van der Waals surface area contributed by atoms with Gasteiger partial charge in [-0.05, 0) is 32.0 Å². The Hall–Kier alpha value is -1.59. The number of piperidine rings is 1. The number of hydrogen-bond acceptors (Lipinski definition) is 3. The molecule has 1 aromatic carbocycles. The molecular formula is C15H22ClN3O2. The van der Waals surface area contributed by atoms with Gasteiger partial charge < -0.3 is 15.5 Å². The van der Waals surface area contributed by atoms with Crippen molar-refractivity contribution in [2.45, 2.75) is 18.9 Å². The molecule has 0 radical (unpaired) electrons. The van der Waals surface area contributed by atoms with Gasteiger partial charge in [0.1, 0.15) is 0 Å². The SMILES string of the molecule is CNC1CCN(C(=O)CNC(=O)c2ccccc2)CC1.Cl. The van der Waals surface area contributed by atoms with Gasteiger partial charge in [0, 0.05) is 24.7 Å². The van der Waals surface area contributed by atoms with E-state index in [0.29, 0.717) is 11.6 Å². The summed E-state index contributed by atoms with van der Waals surface area (Å²) in [6.45, 7) is 1.58. The zero-order valence-electron chi connectivity index (χ0n) is 12.2. The molecule has 2 rings (SSSR count). The number of benzene rings is 1. The lowest BCUT2D eigenvalue weighted by atomic mass is 10.1. The Morgan fingerprint density at radius 1 is 1.19 bits per heavy atom. The van der Waals surface area contributed by atoms with E-state index < -0.39 is 0 Å². The molecule has 1 saturated heterocycles. The van der Waals surface area contributed by atoms with Crippen LogP contribution in [0.25, 0.3) is 0 Å². The number of hydrogen-bond donors (Lipinski definition) is 2. The van der Waals surface area contributed by atoms with Crippen molar-refractivity contribution in [1.82, 2.24) is 15.5 Å². The van der Waals surface area contributed by atoms with E-state index in [4.69, 9.17) is 0 Å². The third-order valence-corrected chi connectivity index (χ3v) is 3.69. The molecule has 0 unspecified atom stereocenters. The van der Waals surface area contributed by atoms with Crippen molar-refractivity contribution in [3.8, 4) is 0 Å². The number of halogens is 1. The first-order valence-corrected chi connectivity index (χ1v) is 6.99. The molecule has 0 aromatic heterocycles. The molecular weight excluding hydrogens is 290 g/mol. The van der Waals surface area contributed by atoms with Crippen LogP contribution in [-0.4, -0.2) is 49.4 Å². The van der Waals surface area contributed by atoms with Gasteiger partial charge in [-0.15, -0.1) is 12.4 Å². The standard InChI is InChI=1S/C15H21N3O2.ClH/c1-16-13-7-9-18(10-8-13)14(19)11-17-15(20)12-5-3-2-4-6-12;/h2-6,13,16H,7-11H2,1H3,(H,17,20);1H. The Kier molecular flexibility index (Phi) is 7.19. The fraction of sp³-hybridized carbons (Fsp3) is 0.467. The van der Waals surface area contributed by atoms with E-state index in [9.17, 15) is 9.59 Å². The molecule has 5 nitrogen and oxygen atoms in total. The van der Waals surface area contributed by atoms with Gasteiger partial charge in [-0.2, -0.15) is 0 Å². The second kappa shape index (κ2) is 8.64. The maximum atomic E-state index is 12.0. The second-order valence-corrected chi connectivity index (χ2v) is 4.99. The predicted molar refractivity (Wildman–Crippen MR) is 84.7 cm³/mol. The molecule has 6 heteroatoms. The quantitative estimate of drug-likeness (QED) is 0.874. The van der Waals surface area contributed by atoms with E-state index in [1.54, 1.807) is 24.3 Å². The van der Waals surface area contributed by atoms with Crippen LogP contribution in [0.4, 0.5) is 0 Å². The first-order chi connectivity index (χ1) is 9.70. The average molecular weight is 312 g/mol. The van der Waals surface area contributed by atoms with Gasteiger partial charge in [0.25, 0.3) is 5.91 Å². The molecule has 2 N–H and O–H groups in total. The number of carbonyl (C=O) groups excluding carboxylic acids is 2. The van der Waals surface area contributed by atoms with E-state index in [1.165, 1.54) is 0 Å². The summed E-state index contributed by atoms with van der Waals surface area (Å²) in [5.74, 6) is -0.215. The Balaban J connectivity index is 0.00000220. The summed E-state index contributed by atoms with van der Waals surface area (Å²) in [6, 6.07) is 9.43. The third-order valence-electron chi connectivity index (χ3n) is 3.69. The highest BCUT2D eigenvalue weighted by Crippen LogP contribution is 2.09. The highest BCUT2D eigenvalue weighted by molar-refractivity contribution is 5.96. The summed E-state index contributed by atoms with van der Waals surface area (Å²) in [5.41, 5.74) is 0.578. The summed E-state index contributed by atoms with van der Waals surface area (Å²) < 4.78 is 0. The van der Waals surface area contributed by atoms with Crippen LogP contribution in [0.5, 0.6) is 0 Å². The first kappa shape index (κ1) is 17.5. The predicted octanol–water partition coefficient (Wildman–Crippen LogP) is 1.05. The van der Waals surface area contributed by atoms with Gasteiger partial charge >= 0.3 is 0 Å². The molecule has 0 atom stereocenters. The van der Waals surface area contributed by atoms with Gasteiger partial charge in [-0.1, -0.05) is 18.2 Å². The minimum absolute atomic E-state index is 0. The smallest absolute Gasteiger partial charge is 0.251 e. The van der Waals surface area contributed by atoms with E-state index >= 15 is 0 Å². The van der Waals surface area contributed by atoms with Crippen LogP contribution >= 0.6 is 12.4 Å². The molecule has 2 amide bonds. The van der Waals surface area contributed by atoms with Crippen molar-refractivity contribution in [3.05, 3.63) is 35.9 Å². The molecule has 1 fully saturated rings. The normalized spacial score (nSPS) is 15.2. The van der Waals surface area contributed by atoms with Crippen molar-refractivity contribution >= 4 is 24.2 Å². The monoisotopic (exact) mass is 311 g/mol. The molecule has 1 aliphatic heterocycles. The molecule has 21 heavy (non-hydrogen) atoms. The fourth-order valence-electron chi connectivity index (χ4n) is 2.38. The molecule has 0 bridgehead atoms. The number of rotatable bonds is 4. The van der Waals surface area contributed by atoms with Crippen LogP contribution in [-0.2, 0) is 4.79 Å². The number of nitrogens with zero attached hydrogens (tertiary/aromatic N) is 1. The summed E-state index contributed by atoms with van der Waals surface area (Å²) in [7, 11) is 1.95. The molecule has 1 aromatic rings. The molecule has 1 aliphatic rings. The Morgan fingerprint density at radius 3 is 2.38 bits per heavy atom. The van der Waals surface area contributed by atoms with E-state index in [0.717, 1.165) is 25.9 Å². The van der Waals surface area contributed by atoms with E-state index in [2.05, 4.69) is 10.6 Å². The second-order valence-electron chi connectivity index (χ2n) is 4.99. The highest BCUT2D eigenvalue weighted by Gasteiger charge is 2.21. The van der Waals surface area contributed by atoms with Crippen LogP contribution in [0.15, 0.2) is 30.3 Å². The largest absolute Gasteiger partial charge is 0.343 e. The Morgan fingerprint density at radius 2 is 1.81 bits per heavy atom. The van der Waals surface area contributed by atoms with Crippen LogP contribution < -0.4 is 10.6 Å². The van der Waals surface area contributed by atoms with E-state index in [-0.39, 0.29) is 30.8 Å². The first-order valence-electron chi connectivity index (χ1n) is 6.99. The maximum absolute atomic E-state index is 12.0. The summed E-state index contributed by atoms with van der Waals surface area (Å²) in [4.78, 5) is 25.7. The fourth-order valence-corrected chi connectivity index (χ4v) is 2.38. The third kappa shape index (κ3) is 5.02. The Labute approximate surface area is 131 Å². The maximum Gasteiger partial charge on any atom is 0.251 e. The van der Waals surface area contributed by atoms with E-state index in [1.807, 2.05) is 18.0 Å². The van der Waals surface area contributed by atoms with Gasteiger partial charge in [0.05, 0.1) is 6.54 Å². The summed E-state index contributed by atoms with van der Waals surface area (Å²) >= 11 is 0. The van der Waals surface area contributed by atoms with Crippen LogP contribution in [0, 0.1) is 0 Å². The number of amides is 2. The minimum atomic E-state index is -0.205. The molecule has 0 aliphatic carbocycles. The zero-order valence-corrected chi connectivity index (χ0v) is 13.0. The number of nitrogens with one attached hydrogen (secondary N) is 2. The van der Waals surface area contributed by atoms with Crippen molar-refractivity contribution < 1.29 is 9.59 Å². The number of likely N-dealkylation sites (tertiary alicyclic amines) is 1. The summed E-state index contributed by atoms with van der Waals surface area (Å²) in [5, 5.41) is 5.90. The lowest BCUT2D eigenvalue weighted by molar-refractivity contribution is -0.131.